The van der Waals surface area contributed by atoms with Gasteiger partial charge in [0.1, 0.15) is 17.3 Å². The van der Waals surface area contributed by atoms with Crippen molar-refractivity contribution >= 4 is 5.82 Å². The zero-order valence-corrected chi connectivity index (χ0v) is 9.90. The number of ether oxygens (including phenoxy) is 1. The molecule has 0 saturated carbocycles. The van der Waals surface area contributed by atoms with Crippen molar-refractivity contribution in [3.05, 3.63) is 30.1 Å². The van der Waals surface area contributed by atoms with Gasteiger partial charge in [-0.05, 0) is 19.1 Å². The third-order valence-electron chi connectivity index (χ3n) is 2.47. The zero-order chi connectivity index (χ0) is 14.2. The topological polar surface area (TPSA) is 79.1 Å². The molecule has 19 heavy (non-hydrogen) atoms. The van der Waals surface area contributed by atoms with Gasteiger partial charge in [-0.1, -0.05) is 12.1 Å². The molecule has 1 aromatic heterocycles. The van der Waals surface area contributed by atoms with Gasteiger partial charge in [-0.25, -0.2) is 9.66 Å². The third-order valence-corrected chi connectivity index (χ3v) is 2.47. The fourth-order valence-electron chi connectivity index (χ4n) is 1.61. The summed E-state index contributed by atoms with van der Waals surface area (Å²) >= 11 is 0. The van der Waals surface area contributed by atoms with E-state index < -0.39 is 6.36 Å². The Labute approximate surface area is 106 Å². The minimum Gasteiger partial charge on any atom is -0.406 e. The quantitative estimate of drug-likeness (QED) is 0.820. The number of aromatic nitrogens is 2. The van der Waals surface area contributed by atoms with Crippen LogP contribution in [0.1, 0.15) is 5.82 Å². The fourth-order valence-corrected chi connectivity index (χ4v) is 1.61. The Kier molecular flexibility index (Phi) is 3.01. The summed E-state index contributed by atoms with van der Waals surface area (Å²) in [5.74, 6) is 5.88. The average Bonchev–Trinajstić information content (AvgIpc) is 2.55. The van der Waals surface area contributed by atoms with Crippen LogP contribution in [0.15, 0.2) is 24.3 Å². The first kappa shape index (κ1) is 13.1. The maximum atomic E-state index is 12.1. The van der Waals surface area contributed by atoms with Crippen molar-refractivity contribution in [3.63, 3.8) is 0 Å². The van der Waals surface area contributed by atoms with Gasteiger partial charge in [0, 0.05) is 5.56 Å². The standard InChI is InChI=1S/C11H11F3N4O/c1-6-17-9(10(15)18(6)16)7-3-2-4-8(5-7)19-11(12,13)14/h2-5H,15-16H2,1H3. The molecular weight excluding hydrogens is 261 g/mol. The Morgan fingerprint density at radius 3 is 2.53 bits per heavy atom. The van der Waals surface area contributed by atoms with Crippen LogP contribution in [0.2, 0.25) is 0 Å². The number of nitrogens with two attached hydrogens (primary N) is 2. The van der Waals surface area contributed by atoms with Crippen molar-refractivity contribution < 1.29 is 17.9 Å². The van der Waals surface area contributed by atoms with Crippen LogP contribution in [0.25, 0.3) is 11.3 Å². The number of nitrogen functional groups attached to an aromatic ring is 2. The fraction of sp³-hybridized carbons (Fsp3) is 0.182. The van der Waals surface area contributed by atoms with E-state index in [0.29, 0.717) is 17.1 Å². The molecule has 1 heterocycles. The smallest absolute Gasteiger partial charge is 0.406 e. The molecule has 0 radical (unpaired) electrons. The number of rotatable bonds is 2. The Bertz CT molecular complexity index is 606. The lowest BCUT2D eigenvalue weighted by atomic mass is 10.1. The van der Waals surface area contributed by atoms with Crippen LogP contribution in [0, 0.1) is 6.92 Å². The molecule has 0 bridgehead atoms. The lowest BCUT2D eigenvalue weighted by Gasteiger charge is -2.09. The Hall–Kier alpha value is -2.38. The van der Waals surface area contributed by atoms with E-state index in [9.17, 15) is 13.2 Å². The molecule has 102 valence electrons. The molecule has 0 aliphatic rings. The summed E-state index contributed by atoms with van der Waals surface area (Å²) in [5.41, 5.74) is 6.43. The van der Waals surface area contributed by atoms with Gasteiger partial charge in [0.05, 0.1) is 0 Å². The van der Waals surface area contributed by atoms with Gasteiger partial charge in [0.15, 0.2) is 5.82 Å². The minimum atomic E-state index is -4.74. The van der Waals surface area contributed by atoms with Crippen LogP contribution >= 0.6 is 0 Å². The van der Waals surface area contributed by atoms with Crippen molar-refractivity contribution in [2.75, 3.05) is 11.6 Å². The van der Waals surface area contributed by atoms with Gasteiger partial charge in [-0.3, -0.25) is 0 Å². The summed E-state index contributed by atoms with van der Waals surface area (Å²) in [6, 6.07) is 5.38. The molecule has 0 spiro atoms. The second kappa shape index (κ2) is 4.38. The van der Waals surface area contributed by atoms with E-state index in [4.69, 9.17) is 11.6 Å². The average molecular weight is 272 g/mol. The van der Waals surface area contributed by atoms with E-state index in [1.165, 1.54) is 18.2 Å². The normalized spacial score (nSPS) is 11.6. The summed E-state index contributed by atoms with van der Waals surface area (Å²) in [7, 11) is 0. The highest BCUT2D eigenvalue weighted by Crippen LogP contribution is 2.30. The summed E-state index contributed by atoms with van der Waals surface area (Å²) in [5, 5.41) is 0. The second-order valence-electron chi connectivity index (χ2n) is 3.84. The van der Waals surface area contributed by atoms with Crippen LogP contribution in [0.3, 0.4) is 0 Å². The second-order valence-corrected chi connectivity index (χ2v) is 3.84. The highest BCUT2D eigenvalue weighted by Gasteiger charge is 2.31. The molecule has 0 fully saturated rings. The van der Waals surface area contributed by atoms with Crippen molar-refractivity contribution in [2.24, 2.45) is 0 Å². The van der Waals surface area contributed by atoms with Gasteiger partial charge in [0.2, 0.25) is 0 Å². The molecule has 8 heteroatoms. The number of aryl methyl sites for hydroxylation is 1. The SMILES string of the molecule is Cc1nc(-c2cccc(OC(F)(F)F)c2)c(N)n1N. The number of nitrogens with zero attached hydrogens (tertiary/aromatic N) is 2. The Balaban J connectivity index is 2.41. The van der Waals surface area contributed by atoms with Crippen LogP contribution in [-0.2, 0) is 0 Å². The summed E-state index contributed by atoms with van der Waals surface area (Å²) in [6.45, 7) is 1.63. The van der Waals surface area contributed by atoms with Crippen molar-refractivity contribution in [1.29, 1.82) is 0 Å². The number of hydrogen-bond donors (Lipinski definition) is 2. The van der Waals surface area contributed by atoms with Crippen LogP contribution in [-0.4, -0.2) is 16.0 Å². The van der Waals surface area contributed by atoms with Crippen molar-refractivity contribution in [2.45, 2.75) is 13.3 Å². The maximum absolute atomic E-state index is 12.1. The molecule has 0 atom stereocenters. The number of benzene rings is 1. The highest BCUT2D eigenvalue weighted by atomic mass is 19.4. The predicted molar refractivity (Wildman–Crippen MR) is 63.6 cm³/mol. The molecule has 0 aliphatic carbocycles. The van der Waals surface area contributed by atoms with E-state index in [-0.39, 0.29) is 11.6 Å². The lowest BCUT2D eigenvalue weighted by molar-refractivity contribution is -0.274. The predicted octanol–water partition coefficient (Wildman–Crippen LogP) is 2.05. The van der Waals surface area contributed by atoms with Crippen LogP contribution in [0.4, 0.5) is 19.0 Å². The first-order valence-electron chi connectivity index (χ1n) is 5.24. The molecule has 4 N–H and O–H groups in total. The van der Waals surface area contributed by atoms with Gasteiger partial charge in [0.25, 0.3) is 0 Å². The summed E-state index contributed by atoms with van der Waals surface area (Å²) in [4.78, 5) is 4.09. The molecule has 5 nitrogen and oxygen atoms in total. The van der Waals surface area contributed by atoms with E-state index in [2.05, 4.69) is 9.72 Å². The number of anilines is 1. The molecular formula is C11H11F3N4O. The molecule has 0 amide bonds. The van der Waals surface area contributed by atoms with E-state index >= 15 is 0 Å². The molecule has 0 unspecified atom stereocenters. The van der Waals surface area contributed by atoms with Crippen molar-refractivity contribution in [1.82, 2.24) is 9.66 Å². The minimum absolute atomic E-state index is 0.168. The Morgan fingerprint density at radius 2 is 2.00 bits per heavy atom. The van der Waals surface area contributed by atoms with E-state index in [1.54, 1.807) is 13.0 Å². The first-order chi connectivity index (χ1) is 8.78. The highest BCUT2D eigenvalue weighted by molar-refractivity contribution is 5.72. The monoisotopic (exact) mass is 272 g/mol. The summed E-state index contributed by atoms with van der Waals surface area (Å²) in [6.07, 6.45) is -4.74. The first-order valence-corrected chi connectivity index (χ1v) is 5.24. The number of imidazole rings is 1. The summed E-state index contributed by atoms with van der Waals surface area (Å²) < 4.78 is 41.4. The molecule has 2 rings (SSSR count). The third kappa shape index (κ3) is 2.72. The van der Waals surface area contributed by atoms with E-state index in [0.717, 1.165) is 4.68 Å². The zero-order valence-electron chi connectivity index (χ0n) is 9.90. The molecule has 1 aromatic carbocycles. The molecule has 0 saturated heterocycles. The molecule has 0 aliphatic heterocycles. The van der Waals surface area contributed by atoms with Gasteiger partial charge in [-0.15, -0.1) is 13.2 Å². The number of halogens is 3. The number of hydrogen-bond acceptors (Lipinski definition) is 4. The maximum Gasteiger partial charge on any atom is 0.573 e. The lowest BCUT2D eigenvalue weighted by Crippen LogP contribution is -2.17. The van der Waals surface area contributed by atoms with Gasteiger partial charge >= 0.3 is 6.36 Å². The van der Waals surface area contributed by atoms with Crippen LogP contribution < -0.4 is 16.3 Å². The Morgan fingerprint density at radius 1 is 1.32 bits per heavy atom. The number of alkyl halides is 3. The van der Waals surface area contributed by atoms with E-state index in [1.807, 2.05) is 0 Å². The van der Waals surface area contributed by atoms with Crippen LogP contribution in [0.5, 0.6) is 5.75 Å². The van der Waals surface area contributed by atoms with Crippen molar-refractivity contribution in [3.8, 4) is 17.0 Å². The van der Waals surface area contributed by atoms with Gasteiger partial charge < -0.3 is 16.3 Å². The molecule has 2 aromatic rings. The largest absolute Gasteiger partial charge is 0.573 e. The van der Waals surface area contributed by atoms with Gasteiger partial charge in [-0.2, -0.15) is 0 Å².